The van der Waals surface area contributed by atoms with Gasteiger partial charge in [-0.05, 0) is 16.7 Å². The number of ether oxygens (including phenoxy) is 1. The van der Waals surface area contributed by atoms with E-state index >= 15 is 0 Å². The highest BCUT2D eigenvalue weighted by atomic mass is 79.9. The Morgan fingerprint density at radius 3 is 1.59 bits per heavy atom. The zero-order chi connectivity index (χ0) is 20.3. The predicted octanol–water partition coefficient (Wildman–Crippen LogP) is 5.45. The summed E-state index contributed by atoms with van der Waals surface area (Å²) in [5, 5.41) is 10.1. The first-order valence-electron chi connectivity index (χ1n) is 9.73. The molecule has 0 amide bonds. The van der Waals surface area contributed by atoms with Crippen molar-refractivity contribution in [2.75, 3.05) is 18.7 Å². The van der Waals surface area contributed by atoms with Crippen molar-refractivity contribution in [1.82, 2.24) is 0 Å². The number of hydrogen-bond acceptors (Lipinski definition) is 3. The second kappa shape index (κ2) is 8.57. The number of rotatable bonds is 6. The lowest BCUT2D eigenvalue weighted by Gasteiger charge is -2.36. The summed E-state index contributed by atoms with van der Waals surface area (Å²) in [6.45, 7) is 0. The van der Waals surface area contributed by atoms with E-state index in [2.05, 4.69) is 15.9 Å². The summed E-state index contributed by atoms with van der Waals surface area (Å²) in [4.78, 5) is -0.142. The Morgan fingerprint density at radius 1 is 0.828 bits per heavy atom. The van der Waals surface area contributed by atoms with Crippen molar-refractivity contribution in [2.45, 2.75) is 16.5 Å². The summed E-state index contributed by atoms with van der Waals surface area (Å²) in [7, 11) is -2.66. The van der Waals surface area contributed by atoms with Crippen molar-refractivity contribution < 1.29 is 14.4 Å². The minimum atomic E-state index is -2.66. The van der Waals surface area contributed by atoms with Gasteiger partial charge >= 0.3 is 0 Å². The van der Waals surface area contributed by atoms with E-state index in [9.17, 15) is 9.67 Å². The van der Waals surface area contributed by atoms with Crippen molar-refractivity contribution >= 4 is 23.1 Å². The summed E-state index contributed by atoms with van der Waals surface area (Å²) in [5.41, 5.74) is 2.08. The zero-order valence-electron chi connectivity index (χ0n) is 16.0. The molecule has 0 radical (unpaired) electrons. The highest BCUT2D eigenvalue weighted by Crippen LogP contribution is 2.56. The molecule has 1 aliphatic heterocycles. The fourth-order valence-corrected chi connectivity index (χ4v) is 8.72. The van der Waals surface area contributed by atoms with Crippen LogP contribution in [0.25, 0.3) is 0 Å². The van der Waals surface area contributed by atoms with Gasteiger partial charge in [0.2, 0.25) is 0 Å². The molecule has 3 aromatic rings. The van der Waals surface area contributed by atoms with Crippen LogP contribution in [0.2, 0.25) is 0 Å². The van der Waals surface area contributed by atoms with Gasteiger partial charge in [0.05, 0.1) is 6.10 Å². The second-order valence-electron chi connectivity index (χ2n) is 7.56. The molecule has 0 saturated carbocycles. The van der Waals surface area contributed by atoms with Gasteiger partial charge in [-0.2, -0.15) is 0 Å². The standard InChI is InChI=1S/C24H24BrO3P/c25-22-16-29(27,17-23(22)26)18-28-24(19-10-4-1-5-11-19,20-12-6-2-7-13-20)21-14-8-3-9-15-21/h1-15,22-23,26H,16-18H2/t22-,23-,29-/m1/s1. The van der Waals surface area contributed by atoms with Gasteiger partial charge in [-0.3, -0.25) is 0 Å². The molecular formula is C24H24BrO3P. The number of hydrogen-bond donors (Lipinski definition) is 1. The smallest absolute Gasteiger partial charge is 0.144 e. The minimum absolute atomic E-state index is 0.116. The van der Waals surface area contributed by atoms with Crippen LogP contribution < -0.4 is 0 Å². The van der Waals surface area contributed by atoms with Gasteiger partial charge in [0, 0.05) is 17.2 Å². The molecule has 3 aromatic carbocycles. The van der Waals surface area contributed by atoms with Crippen molar-refractivity contribution in [3.05, 3.63) is 108 Å². The molecule has 3 atom stereocenters. The normalized spacial score (nSPS) is 24.5. The molecule has 1 saturated heterocycles. The molecule has 150 valence electrons. The van der Waals surface area contributed by atoms with Crippen LogP contribution >= 0.6 is 23.1 Å². The van der Waals surface area contributed by atoms with E-state index in [-0.39, 0.29) is 17.3 Å². The second-order valence-corrected chi connectivity index (χ2v) is 11.8. The Hall–Kier alpha value is -1.71. The maximum atomic E-state index is 13.5. The summed E-state index contributed by atoms with van der Waals surface area (Å²) in [5.74, 6) is 0. The molecule has 0 bridgehead atoms. The topological polar surface area (TPSA) is 46.5 Å². The lowest BCUT2D eigenvalue weighted by atomic mass is 9.80. The molecule has 0 spiro atoms. The molecule has 4 rings (SSSR count). The minimum Gasteiger partial charge on any atom is -0.391 e. The van der Waals surface area contributed by atoms with E-state index in [4.69, 9.17) is 4.74 Å². The predicted molar refractivity (Wildman–Crippen MR) is 121 cm³/mol. The first kappa shape index (κ1) is 20.6. The molecule has 1 N–H and O–H groups in total. The van der Waals surface area contributed by atoms with Crippen LogP contribution in [-0.4, -0.2) is 34.7 Å². The van der Waals surface area contributed by atoms with Crippen molar-refractivity contribution in [3.63, 3.8) is 0 Å². The number of aliphatic hydroxyl groups excluding tert-OH is 1. The molecule has 1 fully saturated rings. The Balaban J connectivity index is 1.83. The first-order valence-corrected chi connectivity index (χ1v) is 12.9. The van der Waals surface area contributed by atoms with Crippen LogP contribution in [-0.2, 0) is 14.9 Å². The summed E-state index contributed by atoms with van der Waals surface area (Å²) >= 11 is 3.46. The fraction of sp³-hybridized carbons (Fsp3) is 0.250. The first-order chi connectivity index (χ1) is 14.0. The summed E-state index contributed by atoms with van der Waals surface area (Å²) in [6.07, 6.45) is 0.258. The third kappa shape index (κ3) is 4.13. The molecule has 0 unspecified atom stereocenters. The lowest BCUT2D eigenvalue weighted by Crippen LogP contribution is -2.33. The molecular weight excluding hydrogens is 447 g/mol. The van der Waals surface area contributed by atoms with Gasteiger partial charge in [0.1, 0.15) is 19.1 Å². The maximum absolute atomic E-state index is 13.5. The molecule has 1 heterocycles. The molecule has 0 aromatic heterocycles. The number of alkyl halides is 1. The van der Waals surface area contributed by atoms with Crippen molar-refractivity contribution in [3.8, 4) is 0 Å². The van der Waals surface area contributed by atoms with Crippen molar-refractivity contribution in [1.29, 1.82) is 0 Å². The van der Waals surface area contributed by atoms with Crippen molar-refractivity contribution in [2.24, 2.45) is 0 Å². The van der Waals surface area contributed by atoms with Crippen LogP contribution in [0.3, 0.4) is 0 Å². The zero-order valence-corrected chi connectivity index (χ0v) is 18.5. The highest BCUT2D eigenvalue weighted by Gasteiger charge is 2.44. The quantitative estimate of drug-likeness (QED) is 0.295. The Bertz CT molecular complexity index is 868. The van der Waals surface area contributed by atoms with Gasteiger partial charge in [-0.1, -0.05) is 107 Å². The van der Waals surface area contributed by atoms with Crippen LogP contribution in [0.15, 0.2) is 91.0 Å². The molecule has 3 nitrogen and oxygen atoms in total. The number of halogens is 1. The summed E-state index contributed by atoms with van der Waals surface area (Å²) < 4.78 is 20.1. The lowest BCUT2D eigenvalue weighted by molar-refractivity contribution is 0.0423. The van der Waals surface area contributed by atoms with Crippen LogP contribution in [0.5, 0.6) is 0 Å². The SMILES string of the molecule is O=[P@@]1(COC(c2ccccc2)(c2ccccc2)c2ccccc2)C[C@@H](O)[C@H](Br)C1. The third-order valence-electron chi connectivity index (χ3n) is 5.50. The van der Waals surface area contributed by atoms with Gasteiger partial charge in [-0.25, -0.2) is 0 Å². The van der Waals surface area contributed by atoms with E-state index in [1.165, 1.54) is 0 Å². The molecule has 1 aliphatic rings. The molecule has 29 heavy (non-hydrogen) atoms. The van der Waals surface area contributed by atoms with E-state index < -0.39 is 18.8 Å². The van der Waals surface area contributed by atoms with E-state index in [0.29, 0.717) is 6.16 Å². The molecule has 0 aliphatic carbocycles. The largest absolute Gasteiger partial charge is 0.391 e. The van der Waals surface area contributed by atoms with Gasteiger partial charge in [0.25, 0.3) is 0 Å². The monoisotopic (exact) mass is 470 g/mol. The summed E-state index contributed by atoms with van der Waals surface area (Å²) in [6, 6.07) is 30.2. The van der Waals surface area contributed by atoms with Crippen LogP contribution in [0.1, 0.15) is 16.7 Å². The average molecular weight is 471 g/mol. The average Bonchev–Trinajstić information content (AvgIpc) is 3.03. The molecule has 5 heteroatoms. The van der Waals surface area contributed by atoms with Crippen LogP contribution in [0.4, 0.5) is 0 Å². The van der Waals surface area contributed by atoms with Gasteiger partial charge < -0.3 is 14.4 Å². The van der Waals surface area contributed by atoms with Crippen LogP contribution in [0, 0.1) is 0 Å². The van der Waals surface area contributed by atoms with E-state index in [1.807, 2.05) is 91.0 Å². The van der Waals surface area contributed by atoms with Gasteiger partial charge in [0.15, 0.2) is 0 Å². The highest BCUT2D eigenvalue weighted by molar-refractivity contribution is 9.09. The fourth-order valence-electron chi connectivity index (χ4n) is 4.06. The van der Waals surface area contributed by atoms with E-state index in [0.717, 1.165) is 16.7 Å². The third-order valence-corrected chi connectivity index (χ3v) is 9.63. The van der Waals surface area contributed by atoms with E-state index in [1.54, 1.807) is 0 Å². The number of aliphatic hydroxyl groups is 1. The van der Waals surface area contributed by atoms with Gasteiger partial charge in [-0.15, -0.1) is 0 Å². The number of benzene rings is 3. The Morgan fingerprint density at radius 2 is 1.24 bits per heavy atom. The Kier molecular flexibility index (Phi) is 6.08. The maximum Gasteiger partial charge on any atom is 0.144 e. The Labute approximate surface area is 180 Å².